The fourth-order valence-electron chi connectivity index (χ4n) is 1.21. The van der Waals surface area contributed by atoms with Gasteiger partial charge in [0.15, 0.2) is 11.6 Å². The van der Waals surface area contributed by atoms with Gasteiger partial charge in [0.05, 0.1) is 16.6 Å². The summed E-state index contributed by atoms with van der Waals surface area (Å²) in [5, 5.41) is 4.80. The van der Waals surface area contributed by atoms with Crippen molar-refractivity contribution in [3.05, 3.63) is 29.3 Å². The summed E-state index contributed by atoms with van der Waals surface area (Å²) in [5.41, 5.74) is -0.802. The zero-order valence-corrected chi connectivity index (χ0v) is 11.1. The molecule has 19 heavy (non-hydrogen) atoms. The molecule has 0 aliphatic rings. The SMILES string of the molecule is CCC(C)OC(=O)c1cc(S(N)(=O)=O)cc(F)c1F. The van der Waals surface area contributed by atoms with E-state index in [1.807, 2.05) is 0 Å². The first-order valence-corrected chi connectivity index (χ1v) is 6.94. The summed E-state index contributed by atoms with van der Waals surface area (Å²) < 4.78 is 53.7. The molecule has 8 heteroatoms. The Morgan fingerprint density at radius 3 is 2.47 bits per heavy atom. The van der Waals surface area contributed by atoms with Crippen LogP contribution in [0.3, 0.4) is 0 Å². The highest BCUT2D eigenvalue weighted by molar-refractivity contribution is 7.89. The van der Waals surface area contributed by atoms with Crippen molar-refractivity contribution < 1.29 is 26.7 Å². The van der Waals surface area contributed by atoms with Crippen molar-refractivity contribution in [2.24, 2.45) is 5.14 Å². The molecule has 0 radical (unpaired) electrons. The zero-order valence-electron chi connectivity index (χ0n) is 10.3. The Balaban J connectivity index is 3.27. The van der Waals surface area contributed by atoms with Crippen LogP contribution in [0.1, 0.15) is 30.6 Å². The van der Waals surface area contributed by atoms with Crippen LogP contribution >= 0.6 is 0 Å². The average Bonchev–Trinajstić information content (AvgIpc) is 2.30. The number of carbonyl (C=O) groups excluding carboxylic acids is 1. The van der Waals surface area contributed by atoms with Gasteiger partial charge in [0.25, 0.3) is 0 Å². The van der Waals surface area contributed by atoms with Gasteiger partial charge in [0, 0.05) is 0 Å². The molecule has 1 aromatic rings. The number of hydrogen-bond acceptors (Lipinski definition) is 4. The van der Waals surface area contributed by atoms with Gasteiger partial charge in [0.2, 0.25) is 10.0 Å². The molecule has 0 aliphatic heterocycles. The summed E-state index contributed by atoms with van der Waals surface area (Å²) in [7, 11) is -4.25. The van der Waals surface area contributed by atoms with Crippen LogP contribution in [0.25, 0.3) is 0 Å². The van der Waals surface area contributed by atoms with E-state index < -0.39 is 44.2 Å². The molecule has 0 saturated heterocycles. The van der Waals surface area contributed by atoms with Crippen LogP contribution < -0.4 is 5.14 Å². The van der Waals surface area contributed by atoms with Gasteiger partial charge in [-0.3, -0.25) is 0 Å². The molecule has 1 rings (SSSR count). The molecule has 0 fully saturated rings. The molecule has 5 nitrogen and oxygen atoms in total. The van der Waals surface area contributed by atoms with Crippen molar-refractivity contribution >= 4 is 16.0 Å². The standard InChI is InChI=1S/C11H13F2NO4S/c1-3-6(2)18-11(15)8-4-7(19(14,16)17)5-9(12)10(8)13/h4-6H,3H2,1-2H3,(H2,14,16,17). The molecule has 2 N–H and O–H groups in total. The molecular weight excluding hydrogens is 280 g/mol. The minimum Gasteiger partial charge on any atom is -0.459 e. The number of halogens is 2. The molecule has 0 saturated carbocycles. The van der Waals surface area contributed by atoms with Gasteiger partial charge in [-0.2, -0.15) is 0 Å². The van der Waals surface area contributed by atoms with E-state index in [2.05, 4.69) is 0 Å². The summed E-state index contributed by atoms with van der Waals surface area (Å²) in [6.07, 6.45) is -0.0295. The second kappa shape index (κ2) is 5.62. The molecule has 0 bridgehead atoms. The van der Waals surface area contributed by atoms with Crippen LogP contribution in [-0.2, 0) is 14.8 Å². The number of esters is 1. The van der Waals surface area contributed by atoms with Gasteiger partial charge in [-0.1, -0.05) is 6.92 Å². The summed E-state index contributed by atoms with van der Waals surface area (Å²) >= 11 is 0. The Labute approximate surface area is 109 Å². The maximum absolute atomic E-state index is 13.5. The minimum absolute atomic E-state index is 0.407. The van der Waals surface area contributed by atoms with Crippen LogP contribution in [0.5, 0.6) is 0 Å². The Hall–Kier alpha value is -1.54. The lowest BCUT2D eigenvalue weighted by molar-refractivity contribution is 0.0327. The summed E-state index contributed by atoms with van der Waals surface area (Å²) in [6.45, 7) is 3.30. The topological polar surface area (TPSA) is 86.5 Å². The van der Waals surface area contributed by atoms with Gasteiger partial charge in [0.1, 0.15) is 0 Å². The summed E-state index contributed by atoms with van der Waals surface area (Å²) in [4.78, 5) is 10.9. The molecule has 0 spiro atoms. The van der Waals surface area contributed by atoms with E-state index >= 15 is 0 Å². The highest BCUT2D eigenvalue weighted by Crippen LogP contribution is 2.19. The highest BCUT2D eigenvalue weighted by atomic mass is 32.2. The average molecular weight is 293 g/mol. The molecule has 1 atom stereocenters. The quantitative estimate of drug-likeness (QED) is 0.854. The van der Waals surface area contributed by atoms with Gasteiger partial charge in [-0.05, 0) is 25.5 Å². The van der Waals surface area contributed by atoms with Gasteiger partial charge < -0.3 is 4.74 Å². The number of rotatable bonds is 4. The van der Waals surface area contributed by atoms with Gasteiger partial charge in [-0.15, -0.1) is 0 Å². The summed E-state index contributed by atoms with van der Waals surface area (Å²) in [6, 6.07) is 1.06. The van der Waals surface area contributed by atoms with E-state index in [0.717, 1.165) is 0 Å². The largest absolute Gasteiger partial charge is 0.459 e. The normalized spacial score (nSPS) is 13.1. The third kappa shape index (κ3) is 3.71. The van der Waals surface area contributed by atoms with E-state index in [4.69, 9.17) is 9.88 Å². The Morgan fingerprint density at radius 2 is 2.00 bits per heavy atom. The van der Waals surface area contributed by atoms with Crippen LogP contribution in [0.2, 0.25) is 0 Å². The number of benzene rings is 1. The minimum atomic E-state index is -4.25. The maximum Gasteiger partial charge on any atom is 0.341 e. The first-order valence-electron chi connectivity index (χ1n) is 5.39. The molecule has 1 unspecified atom stereocenters. The van der Waals surface area contributed by atoms with Gasteiger partial charge >= 0.3 is 5.97 Å². The van der Waals surface area contributed by atoms with E-state index in [-0.39, 0.29) is 0 Å². The first-order chi connectivity index (χ1) is 8.66. The third-order valence-corrected chi connectivity index (χ3v) is 3.33. The lowest BCUT2D eigenvalue weighted by Gasteiger charge is -2.12. The Bertz CT molecular complexity index is 601. The highest BCUT2D eigenvalue weighted by Gasteiger charge is 2.23. The fraction of sp³-hybridized carbons (Fsp3) is 0.364. The smallest absolute Gasteiger partial charge is 0.341 e. The number of nitrogens with two attached hydrogens (primary N) is 1. The van der Waals surface area contributed by atoms with E-state index in [9.17, 15) is 22.0 Å². The van der Waals surface area contributed by atoms with Gasteiger partial charge in [-0.25, -0.2) is 27.1 Å². The predicted molar refractivity (Wildman–Crippen MR) is 62.9 cm³/mol. The van der Waals surface area contributed by atoms with Crippen molar-refractivity contribution in [2.75, 3.05) is 0 Å². The Morgan fingerprint density at radius 1 is 1.42 bits per heavy atom. The number of carbonyl (C=O) groups is 1. The van der Waals surface area contributed by atoms with Crippen molar-refractivity contribution in [3.63, 3.8) is 0 Å². The lowest BCUT2D eigenvalue weighted by Crippen LogP contribution is -2.18. The van der Waals surface area contributed by atoms with E-state index in [0.29, 0.717) is 18.6 Å². The summed E-state index contributed by atoms with van der Waals surface area (Å²) in [5.74, 6) is -4.10. The first kappa shape index (κ1) is 15.5. The molecule has 0 aliphatic carbocycles. The predicted octanol–water partition coefficient (Wildman–Crippen LogP) is 1.57. The van der Waals surface area contributed by atoms with Crippen molar-refractivity contribution in [2.45, 2.75) is 31.3 Å². The van der Waals surface area contributed by atoms with Crippen molar-refractivity contribution in [1.29, 1.82) is 0 Å². The molecule has 0 aromatic heterocycles. The van der Waals surface area contributed by atoms with Crippen LogP contribution in [0, 0.1) is 11.6 Å². The third-order valence-electron chi connectivity index (χ3n) is 2.43. The van der Waals surface area contributed by atoms with Crippen LogP contribution in [-0.4, -0.2) is 20.5 Å². The maximum atomic E-state index is 13.5. The fourth-order valence-corrected chi connectivity index (χ4v) is 1.76. The second-order valence-electron chi connectivity index (χ2n) is 3.94. The monoisotopic (exact) mass is 293 g/mol. The number of sulfonamides is 1. The molecule has 0 amide bonds. The number of primary sulfonamides is 1. The number of hydrogen-bond donors (Lipinski definition) is 1. The molecular formula is C11H13F2NO4S. The second-order valence-corrected chi connectivity index (χ2v) is 5.50. The van der Waals surface area contributed by atoms with E-state index in [1.165, 1.54) is 0 Å². The lowest BCUT2D eigenvalue weighted by atomic mass is 10.2. The zero-order chi connectivity index (χ0) is 14.8. The van der Waals surface area contributed by atoms with Crippen LogP contribution in [0.4, 0.5) is 8.78 Å². The van der Waals surface area contributed by atoms with E-state index in [1.54, 1.807) is 13.8 Å². The molecule has 0 heterocycles. The van der Waals surface area contributed by atoms with Crippen molar-refractivity contribution in [1.82, 2.24) is 0 Å². The Kier molecular flexibility index (Phi) is 4.59. The van der Waals surface area contributed by atoms with Crippen LogP contribution in [0.15, 0.2) is 17.0 Å². The molecule has 106 valence electrons. The van der Waals surface area contributed by atoms with Crippen molar-refractivity contribution in [3.8, 4) is 0 Å². The molecule has 1 aromatic carbocycles. The number of ether oxygens (including phenoxy) is 1.